The predicted molar refractivity (Wildman–Crippen MR) is 103 cm³/mol. The first kappa shape index (κ1) is 24.3. The SMILES string of the molecule is CCCCCCCCCCCCO[C@@H]1O[C@H](CO)[C@H](O)[C@@H](O)[C@@H]1NC(C)=O. The van der Waals surface area contributed by atoms with Crippen LogP contribution in [0.3, 0.4) is 0 Å². The van der Waals surface area contributed by atoms with Gasteiger partial charge in [-0.2, -0.15) is 0 Å². The molecule has 0 aromatic carbocycles. The van der Waals surface area contributed by atoms with Crippen molar-refractivity contribution in [3.63, 3.8) is 0 Å². The van der Waals surface area contributed by atoms with Gasteiger partial charge < -0.3 is 30.1 Å². The lowest BCUT2D eigenvalue weighted by Crippen LogP contribution is -2.64. The van der Waals surface area contributed by atoms with Crippen molar-refractivity contribution in [1.29, 1.82) is 0 Å². The van der Waals surface area contributed by atoms with Crippen molar-refractivity contribution in [3.8, 4) is 0 Å². The number of aliphatic hydroxyl groups excluding tert-OH is 3. The number of nitrogens with one attached hydrogen (secondary N) is 1. The Morgan fingerprint density at radius 1 is 0.963 bits per heavy atom. The van der Waals surface area contributed by atoms with Crippen molar-refractivity contribution in [2.45, 2.75) is 109 Å². The average Bonchev–Trinajstić information content (AvgIpc) is 2.64. The summed E-state index contributed by atoms with van der Waals surface area (Å²) in [6.45, 7) is 3.57. The highest BCUT2D eigenvalue weighted by molar-refractivity contribution is 5.73. The summed E-state index contributed by atoms with van der Waals surface area (Å²) in [5.74, 6) is -0.343. The zero-order valence-corrected chi connectivity index (χ0v) is 16.9. The standard InChI is InChI=1S/C20H39NO6/c1-3-4-5-6-7-8-9-10-11-12-13-26-20-17(21-15(2)23)19(25)18(24)16(14-22)27-20/h16-20,22,24-25H,3-14H2,1-2H3,(H,21,23)/t16-,17+,18+,19+,20-/m1/s1. The molecule has 1 amide bonds. The van der Waals surface area contributed by atoms with Crippen LogP contribution in [0, 0.1) is 0 Å². The molecular formula is C20H39NO6. The summed E-state index contributed by atoms with van der Waals surface area (Å²) in [5.41, 5.74) is 0. The van der Waals surface area contributed by atoms with Gasteiger partial charge in [0.1, 0.15) is 24.4 Å². The van der Waals surface area contributed by atoms with Gasteiger partial charge in [0, 0.05) is 13.5 Å². The third-order valence-electron chi connectivity index (χ3n) is 5.03. The molecule has 0 saturated carbocycles. The van der Waals surface area contributed by atoms with Crippen LogP contribution in [0.5, 0.6) is 0 Å². The van der Waals surface area contributed by atoms with Gasteiger partial charge in [0.25, 0.3) is 0 Å². The lowest BCUT2D eigenvalue weighted by atomic mass is 9.97. The Morgan fingerprint density at radius 3 is 2.04 bits per heavy atom. The van der Waals surface area contributed by atoms with Crippen molar-refractivity contribution >= 4 is 5.91 Å². The van der Waals surface area contributed by atoms with Crippen molar-refractivity contribution in [3.05, 3.63) is 0 Å². The Balaban J connectivity index is 2.23. The molecule has 0 unspecified atom stereocenters. The molecule has 4 N–H and O–H groups in total. The monoisotopic (exact) mass is 389 g/mol. The molecule has 1 aliphatic heterocycles. The van der Waals surface area contributed by atoms with Crippen LogP contribution < -0.4 is 5.32 Å². The van der Waals surface area contributed by atoms with Gasteiger partial charge in [0.2, 0.25) is 5.91 Å². The molecule has 5 atom stereocenters. The van der Waals surface area contributed by atoms with E-state index < -0.39 is 37.3 Å². The number of amides is 1. The fourth-order valence-corrected chi connectivity index (χ4v) is 3.40. The highest BCUT2D eigenvalue weighted by atomic mass is 16.7. The van der Waals surface area contributed by atoms with Crippen LogP contribution in [0.15, 0.2) is 0 Å². The lowest BCUT2D eigenvalue weighted by Gasteiger charge is -2.42. The Morgan fingerprint density at radius 2 is 1.52 bits per heavy atom. The molecule has 7 nitrogen and oxygen atoms in total. The molecule has 0 aliphatic carbocycles. The zero-order chi connectivity index (χ0) is 20.1. The largest absolute Gasteiger partial charge is 0.394 e. The Bertz CT molecular complexity index is 395. The molecule has 160 valence electrons. The minimum atomic E-state index is -1.27. The normalized spacial score (nSPS) is 28.3. The second-order valence-electron chi connectivity index (χ2n) is 7.49. The van der Waals surface area contributed by atoms with E-state index in [2.05, 4.69) is 12.2 Å². The van der Waals surface area contributed by atoms with Gasteiger partial charge in [-0.1, -0.05) is 64.7 Å². The number of carbonyl (C=O) groups is 1. The summed E-state index contributed by atoms with van der Waals surface area (Å²) in [7, 11) is 0. The second-order valence-corrected chi connectivity index (χ2v) is 7.49. The number of carbonyl (C=O) groups excluding carboxylic acids is 1. The first-order valence-electron chi connectivity index (χ1n) is 10.5. The highest BCUT2D eigenvalue weighted by Crippen LogP contribution is 2.22. The maximum absolute atomic E-state index is 11.4. The van der Waals surface area contributed by atoms with Crippen molar-refractivity contribution in [2.75, 3.05) is 13.2 Å². The van der Waals surface area contributed by atoms with Crippen molar-refractivity contribution < 1.29 is 29.6 Å². The summed E-state index contributed by atoms with van der Waals surface area (Å²) < 4.78 is 11.2. The summed E-state index contributed by atoms with van der Waals surface area (Å²) in [6.07, 6.45) is 7.87. The average molecular weight is 390 g/mol. The van der Waals surface area contributed by atoms with E-state index in [-0.39, 0.29) is 5.91 Å². The topological polar surface area (TPSA) is 108 Å². The van der Waals surface area contributed by atoms with Gasteiger partial charge in [0.15, 0.2) is 6.29 Å². The maximum Gasteiger partial charge on any atom is 0.217 e. The molecule has 27 heavy (non-hydrogen) atoms. The van der Waals surface area contributed by atoms with Gasteiger partial charge in [-0.15, -0.1) is 0 Å². The number of rotatable bonds is 14. The molecule has 0 aromatic rings. The summed E-state index contributed by atoms with van der Waals surface area (Å²) in [5, 5.41) is 32.0. The van der Waals surface area contributed by atoms with E-state index in [0.29, 0.717) is 6.61 Å². The predicted octanol–water partition coefficient (Wildman–Crippen LogP) is 1.87. The fraction of sp³-hybridized carbons (Fsp3) is 0.950. The maximum atomic E-state index is 11.4. The van der Waals surface area contributed by atoms with Crippen LogP contribution in [-0.4, -0.2) is 65.1 Å². The molecule has 1 rings (SSSR count). The van der Waals surface area contributed by atoms with Crippen molar-refractivity contribution in [1.82, 2.24) is 5.32 Å². The van der Waals surface area contributed by atoms with Gasteiger partial charge in [0.05, 0.1) is 6.61 Å². The molecular weight excluding hydrogens is 350 g/mol. The molecule has 1 aliphatic rings. The van der Waals surface area contributed by atoms with Gasteiger partial charge in [-0.3, -0.25) is 4.79 Å². The number of hydrogen-bond acceptors (Lipinski definition) is 6. The van der Waals surface area contributed by atoms with E-state index in [1.54, 1.807) is 0 Å². The van der Waals surface area contributed by atoms with E-state index in [9.17, 15) is 20.1 Å². The third-order valence-corrected chi connectivity index (χ3v) is 5.03. The molecule has 0 bridgehead atoms. The quantitative estimate of drug-likeness (QED) is 0.338. The van der Waals surface area contributed by atoms with Crippen LogP contribution >= 0.6 is 0 Å². The van der Waals surface area contributed by atoms with Gasteiger partial charge in [-0.25, -0.2) is 0 Å². The molecule has 7 heteroatoms. The number of unbranched alkanes of at least 4 members (excludes halogenated alkanes) is 9. The van der Waals surface area contributed by atoms with E-state index in [1.165, 1.54) is 58.3 Å². The molecule has 1 fully saturated rings. The number of hydrogen-bond donors (Lipinski definition) is 4. The first-order valence-corrected chi connectivity index (χ1v) is 10.5. The lowest BCUT2D eigenvalue weighted by molar-refractivity contribution is -0.270. The second kappa shape index (κ2) is 14.3. The van der Waals surface area contributed by atoms with E-state index in [0.717, 1.165) is 12.8 Å². The van der Waals surface area contributed by atoms with Crippen LogP contribution in [0.1, 0.15) is 78.1 Å². The number of aliphatic hydroxyl groups is 3. The first-order chi connectivity index (χ1) is 13.0. The van der Waals surface area contributed by atoms with E-state index >= 15 is 0 Å². The van der Waals surface area contributed by atoms with Gasteiger partial charge in [-0.05, 0) is 6.42 Å². The van der Waals surface area contributed by atoms with Crippen LogP contribution in [0.4, 0.5) is 0 Å². The van der Waals surface area contributed by atoms with Crippen molar-refractivity contribution in [2.24, 2.45) is 0 Å². The van der Waals surface area contributed by atoms with E-state index in [1.807, 2.05) is 0 Å². The van der Waals surface area contributed by atoms with E-state index in [4.69, 9.17) is 9.47 Å². The highest BCUT2D eigenvalue weighted by Gasteiger charge is 2.45. The zero-order valence-electron chi connectivity index (χ0n) is 16.9. The minimum absolute atomic E-state index is 0.343. The van der Waals surface area contributed by atoms with Crippen LogP contribution in [-0.2, 0) is 14.3 Å². The molecule has 1 heterocycles. The Kier molecular flexibility index (Phi) is 12.9. The summed E-state index contributed by atoms with van der Waals surface area (Å²) in [6, 6.07) is -0.858. The minimum Gasteiger partial charge on any atom is -0.394 e. The smallest absolute Gasteiger partial charge is 0.217 e. The Labute approximate surface area is 163 Å². The van der Waals surface area contributed by atoms with Crippen LogP contribution in [0.25, 0.3) is 0 Å². The summed E-state index contributed by atoms with van der Waals surface area (Å²) >= 11 is 0. The molecule has 1 saturated heterocycles. The third kappa shape index (κ3) is 9.34. The number of ether oxygens (including phenoxy) is 2. The van der Waals surface area contributed by atoms with Gasteiger partial charge >= 0.3 is 0 Å². The fourth-order valence-electron chi connectivity index (χ4n) is 3.40. The van der Waals surface area contributed by atoms with Crippen LogP contribution in [0.2, 0.25) is 0 Å². The Hall–Kier alpha value is -0.730. The molecule has 0 aromatic heterocycles. The summed E-state index contributed by atoms with van der Waals surface area (Å²) in [4.78, 5) is 11.4. The molecule has 0 radical (unpaired) electrons. The molecule has 0 spiro atoms.